The maximum absolute atomic E-state index is 11.2. The summed E-state index contributed by atoms with van der Waals surface area (Å²) in [5, 5.41) is 0. The molecule has 1 aromatic rings. The molecule has 0 saturated carbocycles. The molecule has 5 N–H and O–H groups in total. The van der Waals surface area contributed by atoms with Gasteiger partial charge in [-0.1, -0.05) is 6.92 Å². The molecule has 0 aliphatic heterocycles. The third-order valence-electron chi connectivity index (χ3n) is 2.22. The third-order valence-corrected chi connectivity index (χ3v) is 2.22. The van der Waals surface area contributed by atoms with E-state index in [9.17, 15) is 4.79 Å². The summed E-state index contributed by atoms with van der Waals surface area (Å²) in [7, 11) is 1.84. The molecule has 0 bridgehead atoms. The molecule has 6 nitrogen and oxygen atoms in total. The van der Waals surface area contributed by atoms with Crippen molar-refractivity contribution in [3.63, 3.8) is 0 Å². The highest BCUT2D eigenvalue weighted by Crippen LogP contribution is 2.13. The van der Waals surface area contributed by atoms with Gasteiger partial charge in [-0.25, -0.2) is 4.98 Å². The number of rotatable bonds is 4. The van der Waals surface area contributed by atoms with Gasteiger partial charge < -0.3 is 21.4 Å². The molecule has 0 saturated heterocycles. The van der Waals surface area contributed by atoms with Crippen molar-refractivity contribution >= 4 is 11.5 Å². The van der Waals surface area contributed by atoms with Crippen molar-refractivity contribution in [1.82, 2.24) is 9.97 Å². The summed E-state index contributed by atoms with van der Waals surface area (Å²) >= 11 is 0. The Morgan fingerprint density at radius 1 is 1.67 bits per heavy atom. The fourth-order valence-electron chi connectivity index (χ4n) is 1.33. The highest BCUT2D eigenvalue weighted by Gasteiger charge is 2.11. The molecular weight excluding hydrogens is 194 g/mol. The van der Waals surface area contributed by atoms with E-state index in [0.717, 1.165) is 6.54 Å². The van der Waals surface area contributed by atoms with Crippen LogP contribution >= 0.6 is 0 Å². The Hall–Kier alpha value is -1.56. The summed E-state index contributed by atoms with van der Waals surface area (Å²) in [5.74, 6) is 0.828. The van der Waals surface area contributed by atoms with Crippen LogP contribution in [0, 0.1) is 5.92 Å². The minimum atomic E-state index is -0.313. The summed E-state index contributed by atoms with van der Waals surface area (Å²) in [6.45, 7) is 3.34. The zero-order valence-electron chi connectivity index (χ0n) is 9.03. The summed E-state index contributed by atoms with van der Waals surface area (Å²) in [6, 6.07) is 0. The van der Waals surface area contributed by atoms with Gasteiger partial charge in [0.2, 0.25) is 0 Å². The number of aromatic nitrogens is 2. The molecule has 0 aliphatic carbocycles. The molecule has 15 heavy (non-hydrogen) atoms. The van der Waals surface area contributed by atoms with Crippen LogP contribution < -0.4 is 21.9 Å². The fraction of sp³-hybridized carbons (Fsp3) is 0.556. The summed E-state index contributed by atoms with van der Waals surface area (Å²) in [6.07, 6.45) is 1.34. The van der Waals surface area contributed by atoms with Gasteiger partial charge in [0.25, 0.3) is 5.56 Å². The second-order valence-electron chi connectivity index (χ2n) is 3.69. The normalized spacial score (nSPS) is 12.5. The number of nitrogens with two attached hydrogens (primary N) is 2. The molecular formula is C9H17N5O. The van der Waals surface area contributed by atoms with Gasteiger partial charge in [-0.15, -0.1) is 0 Å². The minimum absolute atomic E-state index is 0.143. The lowest BCUT2D eigenvalue weighted by atomic mass is 10.2. The Kier molecular flexibility index (Phi) is 3.68. The van der Waals surface area contributed by atoms with E-state index in [1.165, 1.54) is 6.33 Å². The number of hydrogen-bond donors (Lipinski definition) is 3. The van der Waals surface area contributed by atoms with Crippen LogP contribution in [0.15, 0.2) is 11.1 Å². The quantitative estimate of drug-likeness (QED) is 0.616. The van der Waals surface area contributed by atoms with E-state index in [-0.39, 0.29) is 11.2 Å². The Labute approximate surface area is 88.3 Å². The lowest BCUT2D eigenvalue weighted by Gasteiger charge is -2.22. The predicted octanol–water partition coefficient (Wildman–Crippen LogP) is -0.617. The maximum atomic E-state index is 11.2. The van der Waals surface area contributed by atoms with Crippen LogP contribution in [0.3, 0.4) is 0 Å². The maximum Gasteiger partial charge on any atom is 0.276 e. The first kappa shape index (κ1) is 11.5. The molecule has 0 aliphatic rings. The zero-order valence-corrected chi connectivity index (χ0v) is 9.03. The molecule has 0 aromatic carbocycles. The molecule has 0 spiro atoms. The Morgan fingerprint density at radius 2 is 2.33 bits per heavy atom. The average Bonchev–Trinajstić information content (AvgIpc) is 2.21. The van der Waals surface area contributed by atoms with Crippen LogP contribution in [0.2, 0.25) is 0 Å². The Balaban J connectivity index is 2.87. The topological polar surface area (TPSA) is 101 Å². The van der Waals surface area contributed by atoms with Crippen LogP contribution in [0.25, 0.3) is 0 Å². The average molecular weight is 211 g/mol. The fourth-order valence-corrected chi connectivity index (χ4v) is 1.33. The van der Waals surface area contributed by atoms with E-state index in [4.69, 9.17) is 11.5 Å². The van der Waals surface area contributed by atoms with Gasteiger partial charge in [0.05, 0.1) is 6.33 Å². The van der Waals surface area contributed by atoms with Crippen LogP contribution in [0.1, 0.15) is 6.92 Å². The van der Waals surface area contributed by atoms with Crippen LogP contribution in [-0.2, 0) is 0 Å². The first-order valence-electron chi connectivity index (χ1n) is 4.80. The number of anilines is 2. The number of hydrogen-bond acceptors (Lipinski definition) is 5. The molecule has 1 aromatic heterocycles. The van der Waals surface area contributed by atoms with Gasteiger partial charge in [-0.3, -0.25) is 4.79 Å². The van der Waals surface area contributed by atoms with Crippen molar-refractivity contribution in [2.45, 2.75) is 6.92 Å². The molecule has 0 fully saturated rings. The van der Waals surface area contributed by atoms with Gasteiger partial charge >= 0.3 is 0 Å². The highest BCUT2D eigenvalue weighted by molar-refractivity contribution is 5.60. The van der Waals surface area contributed by atoms with E-state index in [0.29, 0.717) is 18.3 Å². The van der Waals surface area contributed by atoms with Gasteiger partial charge in [0.1, 0.15) is 5.69 Å². The SMILES string of the molecule is CC(CN)CN(C)c1nc[nH]c(=O)c1N. The molecule has 1 heterocycles. The number of nitrogens with one attached hydrogen (secondary N) is 1. The van der Waals surface area contributed by atoms with Gasteiger partial charge in [-0.2, -0.15) is 0 Å². The summed E-state index contributed by atoms with van der Waals surface area (Å²) in [5.41, 5.74) is 11.0. The number of H-pyrrole nitrogens is 1. The smallest absolute Gasteiger partial charge is 0.276 e. The number of nitrogens with zero attached hydrogens (tertiary/aromatic N) is 2. The van der Waals surface area contributed by atoms with Gasteiger partial charge in [-0.05, 0) is 12.5 Å². The second kappa shape index (κ2) is 4.79. The van der Waals surface area contributed by atoms with E-state index < -0.39 is 0 Å². The summed E-state index contributed by atoms with van der Waals surface area (Å²) < 4.78 is 0. The van der Waals surface area contributed by atoms with Crippen molar-refractivity contribution in [2.24, 2.45) is 11.7 Å². The minimum Gasteiger partial charge on any atom is -0.391 e. The molecule has 1 atom stereocenters. The number of nitrogen functional groups attached to an aromatic ring is 1. The molecule has 0 amide bonds. The van der Waals surface area contributed by atoms with Crippen molar-refractivity contribution < 1.29 is 0 Å². The van der Waals surface area contributed by atoms with Gasteiger partial charge in [0, 0.05) is 13.6 Å². The Morgan fingerprint density at radius 3 is 2.93 bits per heavy atom. The van der Waals surface area contributed by atoms with Gasteiger partial charge in [0.15, 0.2) is 5.82 Å². The lowest BCUT2D eigenvalue weighted by Crippen LogP contribution is -2.31. The largest absolute Gasteiger partial charge is 0.391 e. The molecule has 84 valence electrons. The summed E-state index contributed by atoms with van der Waals surface area (Å²) in [4.78, 5) is 19.5. The van der Waals surface area contributed by atoms with E-state index in [2.05, 4.69) is 9.97 Å². The monoisotopic (exact) mass is 211 g/mol. The molecule has 1 rings (SSSR count). The van der Waals surface area contributed by atoms with Crippen LogP contribution in [0.4, 0.5) is 11.5 Å². The van der Waals surface area contributed by atoms with E-state index >= 15 is 0 Å². The molecule has 6 heteroatoms. The van der Waals surface area contributed by atoms with Crippen molar-refractivity contribution in [3.05, 3.63) is 16.7 Å². The van der Waals surface area contributed by atoms with Crippen molar-refractivity contribution in [3.8, 4) is 0 Å². The third kappa shape index (κ3) is 2.69. The van der Waals surface area contributed by atoms with Crippen molar-refractivity contribution in [2.75, 3.05) is 30.8 Å². The Bertz CT molecular complexity index is 375. The first-order chi connectivity index (χ1) is 7.06. The lowest BCUT2D eigenvalue weighted by molar-refractivity contribution is 0.587. The zero-order chi connectivity index (χ0) is 11.4. The van der Waals surface area contributed by atoms with Crippen LogP contribution in [0.5, 0.6) is 0 Å². The standard InChI is InChI=1S/C9H17N5O/c1-6(3-10)4-14(2)8-7(11)9(15)13-5-12-8/h5-6H,3-4,10-11H2,1-2H3,(H,12,13,15). The van der Waals surface area contributed by atoms with E-state index in [1.807, 2.05) is 18.9 Å². The van der Waals surface area contributed by atoms with E-state index in [1.54, 1.807) is 0 Å². The van der Waals surface area contributed by atoms with Crippen LogP contribution in [-0.4, -0.2) is 30.1 Å². The number of aromatic amines is 1. The van der Waals surface area contributed by atoms with Crippen molar-refractivity contribution in [1.29, 1.82) is 0 Å². The molecule has 0 radical (unpaired) electrons. The molecule has 1 unspecified atom stereocenters. The first-order valence-corrected chi connectivity index (χ1v) is 4.80. The predicted molar refractivity (Wildman–Crippen MR) is 60.8 cm³/mol. The highest BCUT2D eigenvalue weighted by atomic mass is 16.1. The second-order valence-corrected chi connectivity index (χ2v) is 3.69.